The monoisotopic (exact) mass is 232 g/mol. The predicted molar refractivity (Wildman–Crippen MR) is 48.7 cm³/mol. The second kappa shape index (κ2) is 3.55. The fraction of sp³-hybridized carbons (Fsp3) is 0.143. The molecular formula is C7H7BBrFO2. The molecule has 0 radical (unpaired) electrons. The number of rotatable bonds is 1. The van der Waals surface area contributed by atoms with E-state index in [1.807, 2.05) is 0 Å². The van der Waals surface area contributed by atoms with E-state index < -0.39 is 12.9 Å². The van der Waals surface area contributed by atoms with Crippen molar-refractivity contribution in [1.82, 2.24) is 0 Å². The van der Waals surface area contributed by atoms with Crippen LogP contribution >= 0.6 is 15.9 Å². The molecule has 12 heavy (non-hydrogen) atoms. The summed E-state index contributed by atoms with van der Waals surface area (Å²) in [5.41, 5.74) is 0.648. The Labute approximate surface area is 78.3 Å². The van der Waals surface area contributed by atoms with Crippen molar-refractivity contribution in [3.8, 4) is 0 Å². The van der Waals surface area contributed by atoms with E-state index in [4.69, 9.17) is 10.0 Å². The maximum atomic E-state index is 12.9. The molecule has 0 fully saturated rings. The fourth-order valence-electron chi connectivity index (χ4n) is 0.915. The summed E-state index contributed by atoms with van der Waals surface area (Å²) in [6.45, 7) is 1.75. The molecule has 0 amide bonds. The third-order valence-corrected chi connectivity index (χ3v) is 2.63. The van der Waals surface area contributed by atoms with Crippen LogP contribution in [0.3, 0.4) is 0 Å². The van der Waals surface area contributed by atoms with Crippen LogP contribution in [0.2, 0.25) is 0 Å². The van der Waals surface area contributed by atoms with Crippen LogP contribution in [-0.2, 0) is 0 Å². The van der Waals surface area contributed by atoms with Crippen LogP contribution < -0.4 is 5.46 Å². The van der Waals surface area contributed by atoms with E-state index in [0.29, 0.717) is 4.47 Å². The van der Waals surface area contributed by atoms with Gasteiger partial charge in [-0.15, -0.1) is 0 Å². The Morgan fingerprint density at radius 3 is 2.42 bits per heavy atom. The van der Waals surface area contributed by atoms with Crippen LogP contribution in [0, 0.1) is 12.7 Å². The molecule has 0 heterocycles. The molecule has 1 aromatic carbocycles. The van der Waals surface area contributed by atoms with Gasteiger partial charge in [0.25, 0.3) is 0 Å². The minimum atomic E-state index is -1.78. The van der Waals surface area contributed by atoms with Crippen LogP contribution in [0.15, 0.2) is 16.6 Å². The molecule has 0 aliphatic rings. The molecule has 0 spiro atoms. The fourth-order valence-corrected chi connectivity index (χ4v) is 1.44. The summed E-state index contributed by atoms with van der Waals surface area (Å²) in [5, 5.41) is 17.6. The lowest BCUT2D eigenvalue weighted by Crippen LogP contribution is -2.34. The standard InChI is InChI=1S/C7H7BBrFO2/c1-4-2-3-5(10)6(7(4)9)8(11)12/h2-3,11-12H,1H3. The average molecular weight is 233 g/mol. The van der Waals surface area contributed by atoms with Crippen molar-refractivity contribution in [1.29, 1.82) is 0 Å². The van der Waals surface area contributed by atoms with Gasteiger partial charge in [0.2, 0.25) is 0 Å². The maximum absolute atomic E-state index is 12.9. The first kappa shape index (κ1) is 9.70. The van der Waals surface area contributed by atoms with Gasteiger partial charge in [0, 0.05) is 9.94 Å². The minimum Gasteiger partial charge on any atom is -0.423 e. The molecule has 2 N–H and O–H groups in total. The van der Waals surface area contributed by atoms with Gasteiger partial charge in [0.1, 0.15) is 5.82 Å². The zero-order valence-electron chi connectivity index (χ0n) is 6.38. The second-order valence-corrected chi connectivity index (χ2v) is 3.26. The first-order valence-corrected chi connectivity index (χ1v) is 4.14. The Morgan fingerprint density at radius 1 is 1.42 bits per heavy atom. The molecule has 0 aliphatic heterocycles. The molecule has 5 heteroatoms. The number of hydrogen-bond acceptors (Lipinski definition) is 2. The molecule has 0 saturated heterocycles. The van der Waals surface area contributed by atoms with Gasteiger partial charge in [-0.3, -0.25) is 0 Å². The third kappa shape index (κ3) is 1.68. The SMILES string of the molecule is Cc1ccc(F)c(B(O)O)c1Br. The highest BCUT2D eigenvalue weighted by Crippen LogP contribution is 2.14. The highest BCUT2D eigenvalue weighted by Gasteiger charge is 2.20. The van der Waals surface area contributed by atoms with Crippen molar-refractivity contribution in [2.75, 3.05) is 0 Å². The summed E-state index contributed by atoms with van der Waals surface area (Å²) < 4.78 is 13.3. The zero-order chi connectivity index (χ0) is 9.30. The smallest absolute Gasteiger partial charge is 0.423 e. The Morgan fingerprint density at radius 2 is 2.00 bits per heavy atom. The summed E-state index contributed by atoms with van der Waals surface area (Å²) in [5.74, 6) is -0.623. The van der Waals surface area contributed by atoms with Crippen LogP contribution in [0.5, 0.6) is 0 Å². The predicted octanol–water partition coefficient (Wildman–Crippen LogP) is 0.576. The van der Waals surface area contributed by atoms with E-state index in [0.717, 1.165) is 5.56 Å². The van der Waals surface area contributed by atoms with Gasteiger partial charge in [0.15, 0.2) is 0 Å². The molecule has 0 bridgehead atoms. The summed E-state index contributed by atoms with van der Waals surface area (Å²) >= 11 is 3.07. The molecule has 0 aliphatic carbocycles. The van der Waals surface area contributed by atoms with Gasteiger partial charge >= 0.3 is 7.12 Å². The lowest BCUT2D eigenvalue weighted by Gasteiger charge is -2.06. The van der Waals surface area contributed by atoms with E-state index in [1.165, 1.54) is 6.07 Å². The molecule has 0 aromatic heterocycles. The third-order valence-electron chi connectivity index (χ3n) is 1.58. The first-order chi connectivity index (χ1) is 5.54. The van der Waals surface area contributed by atoms with Crippen molar-refractivity contribution >= 4 is 28.5 Å². The van der Waals surface area contributed by atoms with Crippen molar-refractivity contribution in [3.63, 3.8) is 0 Å². The van der Waals surface area contributed by atoms with E-state index >= 15 is 0 Å². The van der Waals surface area contributed by atoms with Gasteiger partial charge in [-0.1, -0.05) is 22.0 Å². The Kier molecular flexibility index (Phi) is 2.87. The summed E-state index contributed by atoms with van der Waals surface area (Å²) in [6.07, 6.45) is 0. The van der Waals surface area contributed by atoms with E-state index in [-0.39, 0.29) is 5.46 Å². The van der Waals surface area contributed by atoms with Crippen molar-refractivity contribution in [3.05, 3.63) is 28.0 Å². The molecule has 64 valence electrons. The van der Waals surface area contributed by atoms with Gasteiger partial charge in [-0.25, -0.2) is 4.39 Å². The maximum Gasteiger partial charge on any atom is 0.492 e. The number of halogens is 2. The van der Waals surface area contributed by atoms with Gasteiger partial charge < -0.3 is 10.0 Å². The Bertz CT molecular complexity index is 304. The van der Waals surface area contributed by atoms with Crippen LogP contribution in [0.25, 0.3) is 0 Å². The van der Waals surface area contributed by atoms with Crippen LogP contribution in [0.1, 0.15) is 5.56 Å². The van der Waals surface area contributed by atoms with Gasteiger partial charge in [-0.2, -0.15) is 0 Å². The van der Waals surface area contributed by atoms with E-state index in [1.54, 1.807) is 13.0 Å². The zero-order valence-corrected chi connectivity index (χ0v) is 7.97. The normalized spacial score (nSPS) is 10.1. The molecule has 2 nitrogen and oxygen atoms in total. The molecule has 1 aromatic rings. The van der Waals surface area contributed by atoms with E-state index in [9.17, 15) is 4.39 Å². The Hall–Kier alpha value is -0.385. The second-order valence-electron chi connectivity index (χ2n) is 2.47. The molecule has 1 rings (SSSR count). The number of aryl methyl sites for hydroxylation is 1. The highest BCUT2D eigenvalue weighted by atomic mass is 79.9. The van der Waals surface area contributed by atoms with E-state index in [2.05, 4.69) is 15.9 Å². The first-order valence-electron chi connectivity index (χ1n) is 3.34. The van der Waals surface area contributed by atoms with Crippen LogP contribution in [0.4, 0.5) is 4.39 Å². The molecule has 0 atom stereocenters. The molecular weight excluding hydrogens is 226 g/mol. The summed E-state index contributed by atoms with van der Waals surface area (Å²) in [4.78, 5) is 0. The van der Waals surface area contributed by atoms with Crippen molar-refractivity contribution < 1.29 is 14.4 Å². The van der Waals surface area contributed by atoms with Crippen molar-refractivity contribution in [2.45, 2.75) is 6.92 Å². The molecule has 0 saturated carbocycles. The summed E-state index contributed by atoms with van der Waals surface area (Å²) in [6, 6.07) is 2.76. The quantitative estimate of drug-likeness (QED) is 0.696. The minimum absolute atomic E-state index is 0.116. The van der Waals surface area contributed by atoms with Gasteiger partial charge in [0.05, 0.1) is 0 Å². The number of hydrogen-bond donors (Lipinski definition) is 2. The lowest BCUT2D eigenvalue weighted by atomic mass is 9.79. The number of benzene rings is 1. The van der Waals surface area contributed by atoms with Gasteiger partial charge in [-0.05, 0) is 18.6 Å². The lowest BCUT2D eigenvalue weighted by molar-refractivity contribution is 0.422. The topological polar surface area (TPSA) is 40.5 Å². The molecule has 0 unspecified atom stereocenters. The Balaban J connectivity index is 3.33. The highest BCUT2D eigenvalue weighted by molar-refractivity contribution is 9.10. The largest absolute Gasteiger partial charge is 0.492 e. The average Bonchev–Trinajstić information content (AvgIpc) is 1.97. The van der Waals surface area contributed by atoms with Crippen LogP contribution in [-0.4, -0.2) is 17.2 Å². The summed E-state index contributed by atoms with van der Waals surface area (Å²) in [7, 11) is -1.78. The van der Waals surface area contributed by atoms with Crippen molar-refractivity contribution in [2.24, 2.45) is 0 Å².